The summed E-state index contributed by atoms with van der Waals surface area (Å²) < 4.78 is 6.65. The fourth-order valence-corrected chi connectivity index (χ4v) is 2.46. The van der Waals surface area contributed by atoms with Crippen LogP contribution < -0.4 is 11.0 Å². The number of aliphatic hydroxyl groups is 2. The number of aromatic nitrogens is 3. The Bertz CT molecular complexity index is 694. The maximum atomic E-state index is 12.0. The molecule has 0 aliphatic carbocycles. The Labute approximate surface area is 114 Å². The summed E-state index contributed by atoms with van der Waals surface area (Å²) in [4.78, 5) is 18.9. The molecule has 8 nitrogen and oxygen atoms in total. The first kappa shape index (κ1) is 13.3. The minimum Gasteiger partial charge on any atom is -0.386 e. The van der Waals surface area contributed by atoms with Crippen LogP contribution in [0.1, 0.15) is 11.9 Å². The van der Waals surface area contributed by atoms with Gasteiger partial charge in [-0.3, -0.25) is 9.88 Å². The summed E-state index contributed by atoms with van der Waals surface area (Å²) in [5.41, 5.74) is 0.819. The number of aromatic amines is 1. The minimum atomic E-state index is -1.20. The average Bonchev–Trinajstić information content (AvgIpc) is 2.89. The van der Waals surface area contributed by atoms with Crippen LogP contribution in [0.25, 0.3) is 11.0 Å². The van der Waals surface area contributed by atoms with Crippen molar-refractivity contribution < 1.29 is 14.9 Å². The van der Waals surface area contributed by atoms with Crippen molar-refractivity contribution in [2.24, 2.45) is 0 Å². The third-order valence-electron chi connectivity index (χ3n) is 3.46. The Hall–Kier alpha value is -1.74. The predicted molar refractivity (Wildman–Crippen MR) is 70.1 cm³/mol. The molecule has 0 bridgehead atoms. The van der Waals surface area contributed by atoms with Crippen molar-refractivity contribution in [2.75, 3.05) is 7.05 Å². The van der Waals surface area contributed by atoms with E-state index in [2.05, 4.69) is 15.3 Å². The van der Waals surface area contributed by atoms with Crippen LogP contribution in [0, 0.1) is 6.92 Å². The van der Waals surface area contributed by atoms with Crippen molar-refractivity contribution in [1.29, 1.82) is 0 Å². The molecule has 1 aliphatic rings. The van der Waals surface area contributed by atoms with Crippen molar-refractivity contribution in [3.05, 3.63) is 28.4 Å². The fourth-order valence-electron chi connectivity index (χ4n) is 2.46. The van der Waals surface area contributed by atoms with Gasteiger partial charge in [0, 0.05) is 17.3 Å². The molecule has 3 rings (SSSR count). The molecule has 0 radical (unpaired) electrons. The number of nitrogens with one attached hydrogen (secondary N) is 2. The van der Waals surface area contributed by atoms with E-state index >= 15 is 0 Å². The zero-order valence-electron chi connectivity index (χ0n) is 11.1. The van der Waals surface area contributed by atoms with Crippen molar-refractivity contribution in [2.45, 2.75) is 31.6 Å². The van der Waals surface area contributed by atoms with E-state index in [0.717, 1.165) is 11.1 Å². The highest BCUT2D eigenvalue weighted by molar-refractivity contribution is 5.75. The molecule has 1 unspecified atom stereocenters. The second kappa shape index (κ2) is 4.67. The second-order valence-corrected chi connectivity index (χ2v) is 4.90. The van der Waals surface area contributed by atoms with Gasteiger partial charge in [0.1, 0.15) is 24.1 Å². The van der Waals surface area contributed by atoms with Gasteiger partial charge in [0.05, 0.1) is 0 Å². The Morgan fingerprint density at radius 1 is 1.45 bits per heavy atom. The van der Waals surface area contributed by atoms with Gasteiger partial charge in [0.25, 0.3) is 0 Å². The van der Waals surface area contributed by atoms with Gasteiger partial charge in [-0.15, -0.1) is 0 Å². The van der Waals surface area contributed by atoms with Gasteiger partial charge in [-0.1, -0.05) is 0 Å². The molecule has 1 fully saturated rings. The molecule has 2 aromatic rings. The summed E-state index contributed by atoms with van der Waals surface area (Å²) in [7, 11) is 1.60. The highest BCUT2D eigenvalue weighted by Crippen LogP contribution is 2.27. The second-order valence-electron chi connectivity index (χ2n) is 4.90. The Morgan fingerprint density at radius 3 is 2.85 bits per heavy atom. The normalized spacial score (nSPS) is 30.2. The molecular formula is C12H16N4O4. The largest absolute Gasteiger partial charge is 0.386 e. The Kier molecular flexibility index (Phi) is 3.09. The van der Waals surface area contributed by atoms with Crippen LogP contribution in [0.4, 0.5) is 0 Å². The molecule has 1 aliphatic heterocycles. The van der Waals surface area contributed by atoms with Gasteiger partial charge in [-0.25, -0.2) is 4.79 Å². The van der Waals surface area contributed by atoms with Crippen LogP contribution in [-0.2, 0) is 4.74 Å². The third-order valence-corrected chi connectivity index (χ3v) is 3.46. The number of nitrogens with zero attached hydrogens (tertiary/aromatic N) is 2. The number of hydrogen-bond donors (Lipinski definition) is 4. The van der Waals surface area contributed by atoms with E-state index < -0.39 is 30.4 Å². The molecule has 4 atom stereocenters. The van der Waals surface area contributed by atoms with E-state index in [9.17, 15) is 15.0 Å². The van der Waals surface area contributed by atoms with Crippen LogP contribution in [-0.4, -0.2) is 50.2 Å². The Balaban J connectivity index is 2.06. The van der Waals surface area contributed by atoms with E-state index in [1.807, 2.05) is 13.0 Å². The van der Waals surface area contributed by atoms with Gasteiger partial charge in [0.2, 0.25) is 0 Å². The van der Waals surface area contributed by atoms with Gasteiger partial charge < -0.3 is 19.9 Å². The van der Waals surface area contributed by atoms with Crippen LogP contribution in [0.15, 0.2) is 17.1 Å². The van der Waals surface area contributed by atoms with Gasteiger partial charge in [-0.05, 0) is 20.0 Å². The van der Waals surface area contributed by atoms with Gasteiger partial charge >= 0.3 is 5.69 Å². The lowest BCUT2D eigenvalue weighted by atomic mass is 10.2. The molecule has 108 valence electrons. The maximum Gasteiger partial charge on any atom is 0.351 e. The van der Waals surface area contributed by atoms with Crippen LogP contribution >= 0.6 is 0 Å². The van der Waals surface area contributed by atoms with E-state index in [0.29, 0.717) is 5.65 Å². The zero-order valence-corrected chi connectivity index (χ0v) is 11.1. The third kappa shape index (κ3) is 1.93. The molecule has 0 amide bonds. The lowest BCUT2D eigenvalue weighted by Gasteiger charge is -2.16. The predicted octanol–water partition coefficient (Wildman–Crippen LogP) is -1.17. The molecule has 20 heavy (non-hydrogen) atoms. The van der Waals surface area contributed by atoms with E-state index in [1.54, 1.807) is 13.2 Å². The van der Waals surface area contributed by atoms with E-state index in [4.69, 9.17) is 4.74 Å². The minimum absolute atomic E-state index is 0.488. The SMILES string of the molecule is CN[C@H]1OC(n2cc3cc(C)[nH]c3nc2=O)[C@H](O)[C@@H]1O. The molecule has 4 N–H and O–H groups in total. The number of hydrogen-bond acceptors (Lipinski definition) is 6. The van der Waals surface area contributed by atoms with Gasteiger partial charge in [-0.2, -0.15) is 4.98 Å². The molecule has 0 saturated carbocycles. The topological polar surface area (TPSA) is 112 Å². The summed E-state index contributed by atoms with van der Waals surface area (Å²) in [6.07, 6.45) is -2.45. The molecule has 0 aromatic carbocycles. The molecule has 0 spiro atoms. The quantitative estimate of drug-likeness (QED) is 0.551. The van der Waals surface area contributed by atoms with Crippen LogP contribution in [0.3, 0.4) is 0 Å². The average molecular weight is 280 g/mol. The lowest BCUT2D eigenvalue weighted by Crippen LogP contribution is -2.39. The highest BCUT2D eigenvalue weighted by atomic mass is 16.6. The van der Waals surface area contributed by atoms with Crippen molar-refractivity contribution >= 4 is 11.0 Å². The highest BCUT2D eigenvalue weighted by Gasteiger charge is 2.43. The maximum absolute atomic E-state index is 12.0. The smallest absolute Gasteiger partial charge is 0.351 e. The number of fused-ring (bicyclic) bond motifs is 1. The standard InChI is InChI=1S/C12H16N4O4/c1-5-3-6-4-16(12(19)15-9(6)14-5)11-8(18)7(17)10(13-2)20-11/h3-4,7-8,10-11,13,17-18H,1-2H3,(H,14,15,19)/t7-,8+,10-,11?/m0/s1. The number of ether oxygens (including phenoxy) is 1. The monoisotopic (exact) mass is 280 g/mol. The van der Waals surface area contributed by atoms with E-state index in [1.165, 1.54) is 4.57 Å². The molecular weight excluding hydrogens is 264 g/mol. The van der Waals surface area contributed by atoms with Gasteiger partial charge in [0.15, 0.2) is 6.23 Å². The number of aliphatic hydroxyl groups excluding tert-OH is 2. The summed E-state index contributed by atoms with van der Waals surface area (Å²) in [6, 6.07) is 1.84. The molecule has 1 saturated heterocycles. The first-order chi connectivity index (χ1) is 9.51. The summed E-state index contributed by atoms with van der Waals surface area (Å²) in [5, 5.41) is 23.3. The lowest BCUT2D eigenvalue weighted by molar-refractivity contribution is -0.0471. The van der Waals surface area contributed by atoms with Crippen molar-refractivity contribution in [1.82, 2.24) is 19.9 Å². The summed E-state index contributed by atoms with van der Waals surface area (Å²) in [5.74, 6) is 0. The van der Waals surface area contributed by atoms with E-state index in [-0.39, 0.29) is 0 Å². The summed E-state index contributed by atoms with van der Waals surface area (Å²) in [6.45, 7) is 1.86. The zero-order chi connectivity index (χ0) is 14.4. The molecule has 3 heterocycles. The first-order valence-electron chi connectivity index (χ1n) is 6.28. The molecule has 8 heteroatoms. The number of likely N-dealkylation sites (N-methyl/N-ethyl adjacent to an activating group) is 1. The molecule has 2 aromatic heterocycles. The number of rotatable bonds is 2. The summed E-state index contributed by atoms with van der Waals surface area (Å²) >= 11 is 0. The number of aryl methyl sites for hydroxylation is 1. The Morgan fingerprint density at radius 2 is 2.20 bits per heavy atom. The fraction of sp³-hybridized carbons (Fsp3) is 0.500. The first-order valence-corrected chi connectivity index (χ1v) is 6.28. The van der Waals surface area contributed by atoms with Crippen LogP contribution in [0.2, 0.25) is 0 Å². The number of H-pyrrole nitrogens is 1. The van der Waals surface area contributed by atoms with Crippen molar-refractivity contribution in [3.63, 3.8) is 0 Å². The van der Waals surface area contributed by atoms with Crippen LogP contribution in [0.5, 0.6) is 0 Å². The van der Waals surface area contributed by atoms with Crippen molar-refractivity contribution in [3.8, 4) is 0 Å².